The summed E-state index contributed by atoms with van der Waals surface area (Å²) in [5.41, 5.74) is 4.95. The van der Waals surface area contributed by atoms with Crippen LogP contribution in [0.4, 0.5) is 4.39 Å². The number of rotatable bonds is 4. The minimum Gasteiger partial charge on any atom is -0.391 e. The molecule has 3 N–H and O–H groups in total. The molecular weight excluding hydrogens is 327 g/mol. The van der Waals surface area contributed by atoms with Crippen LogP contribution in [0.15, 0.2) is 24.3 Å². The number of nitrogens with zero attached hydrogens (tertiary/aromatic N) is 1. The van der Waals surface area contributed by atoms with Crippen LogP contribution in [0.1, 0.15) is 31.7 Å². The number of carbonyl (C=O) groups is 3. The highest BCUT2D eigenvalue weighted by atomic mass is 19.1. The van der Waals surface area contributed by atoms with Crippen LogP contribution in [0.2, 0.25) is 0 Å². The number of benzene rings is 1. The maximum absolute atomic E-state index is 13.2. The Bertz CT molecular complexity index is 733. The van der Waals surface area contributed by atoms with Crippen LogP contribution in [-0.4, -0.2) is 46.3 Å². The molecule has 0 aromatic heterocycles. The summed E-state index contributed by atoms with van der Waals surface area (Å²) in [6, 6.07) is 4.46. The van der Waals surface area contributed by atoms with E-state index in [1.54, 1.807) is 0 Å². The second kappa shape index (κ2) is 5.91. The molecule has 1 aliphatic carbocycles. The van der Waals surface area contributed by atoms with Gasteiger partial charge in [0, 0.05) is 13.0 Å². The van der Waals surface area contributed by atoms with Crippen molar-refractivity contribution < 1.29 is 23.9 Å². The number of hydrogen-bond donors (Lipinski definition) is 2. The monoisotopic (exact) mass is 348 g/mol. The first-order chi connectivity index (χ1) is 11.7. The first-order valence-corrected chi connectivity index (χ1v) is 8.26. The molecule has 2 fully saturated rings. The van der Waals surface area contributed by atoms with Gasteiger partial charge in [0.25, 0.3) is 0 Å². The van der Waals surface area contributed by atoms with E-state index in [0.29, 0.717) is 5.56 Å². The molecule has 25 heavy (non-hydrogen) atoms. The number of aliphatic hydroxyl groups excluding tert-OH is 1. The molecule has 2 amide bonds. The van der Waals surface area contributed by atoms with Crippen molar-refractivity contribution in [1.29, 1.82) is 0 Å². The molecule has 6 nitrogen and oxygen atoms in total. The number of nitrogens with two attached hydrogens (primary N) is 1. The van der Waals surface area contributed by atoms with Gasteiger partial charge in [-0.05, 0) is 30.5 Å². The van der Waals surface area contributed by atoms with Gasteiger partial charge >= 0.3 is 0 Å². The van der Waals surface area contributed by atoms with Gasteiger partial charge in [-0.25, -0.2) is 4.39 Å². The van der Waals surface area contributed by atoms with Crippen LogP contribution in [0, 0.1) is 17.2 Å². The molecule has 3 rings (SSSR count). The van der Waals surface area contributed by atoms with Gasteiger partial charge in [0.1, 0.15) is 17.6 Å². The van der Waals surface area contributed by atoms with E-state index in [0.717, 1.165) is 0 Å². The number of carbonyl (C=O) groups excluding carboxylic acids is 3. The van der Waals surface area contributed by atoms with Crippen LogP contribution in [-0.2, 0) is 14.4 Å². The Kier molecular flexibility index (Phi) is 4.15. The zero-order valence-electron chi connectivity index (χ0n) is 14.1. The van der Waals surface area contributed by atoms with Crippen LogP contribution in [0.5, 0.6) is 0 Å². The van der Waals surface area contributed by atoms with Gasteiger partial charge in [-0.15, -0.1) is 0 Å². The molecule has 1 saturated carbocycles. The van der Waals surface area contributed by atoms with Gasteiger partial charge in [0.15, 0.2) is 0 Å². The van der Waals surface area contributed by atoms with Crippen molar-refractivity contribution in [2.45, 2.75) is 38.3 Å². The molecule has 1 spiro atoms. The summed E-state index contributed by atoms with van der Waals surface area (Å²) in [5, 5.41) is 9.80. The lowest BCUT2D eigenvalue weighted by molar-refractivity contribution is -0.177. The summed E-state index contributed by atoms with van der Waals surface area (Å²) in [7, 11) is 0. The van der Waals surface area contributed by atoms with E-state index in [2.05, 4.69) is 0 Å². The van der Waals surface area contributed by atoms with Gasteiger partial charge in [-0.2, -0.15) is 0 Å². The summed E-state index contributed by atoms with van der Waals surface area (Å²) in [6.07, 6.45) is -0.854. The molecule has 134 valence electrons. The molecule has 1 saturated heterocycles. The van der Waals surface area contributed by atoms with Gasteiger partial charge < -0.3 is 15.7 Å². The second-order valence-corrected chi connectivity index (χ2v) is 7.12. The van der Waals surface area contributed by atoms with E-state index < -0.39 is 35.2 Å². The fraction of sp³-hybridized carbons (Fsp3) is 0.500. The number of hydrogen-bond acceptors (Lipinski definition) is 4. The SMILES string of the molecule is CC1CC(=O)C(c2ccc(F)cc2)C12CN(C(C(N)=O)[C@@H](C)O)C2=O. The molecule has 7 heteroatoms. The maximum Gasteiger partial charge on any atom is 0.242 e. The number of β-lactam (4-membered cyclic amide) rings is 1. The molecule has 4 unspecified atom stereocenters. The summed E-state index contributed by atoms with van der Waals surface area (Å²) in [4.78, 5) is 38.5. The molecule has 5 atom stereocenters. The predicted octanol–water partition coefficient (Wildman–Crippen LogP) is 0.581. The predicted molar refractivity (Wildman–Crippen MR) is 86.7 cm³/mol. The number of likely N-dealkylation sites (tertiary alicyclic amines) is 1. The number of halogens is 1. The van der Waals surface area contributed by atoms with Crippen molar-refractivity contribution in [3.63, 3.8) is 0 Å². The fourth-order valence-electron chi connectivity index (χ4n) is 4.37. The van der Waals surface area contributed by atoms with E-state index >= 15 is 0 Å². The molecule has 1 aromatic carbocycles. The third-order valence-electron chi connectivity index (χ3n) is 5.60. The standard InChI is InChI=1S/C18H21FN2O4/c1-9-7-13(23)14(11-3-5-12(19)6-4-11)18(9)8-21(17(18)25)15(10(2)22)16(20)24/h3-6,9-10,14-15,22H,7-8H2,1-2H3,(H2,20,24)/t9?,10-,14?,15?,18?/m1/s1. The molecule has 0 bridgehead atoms. The summed E-state index contributed by atoms with van der Waals surface area (Å²) in [6.45, 7) is 3.39. The Morgan fingerprint density at radius 2 is 1.96 bits per heavy atom. The Balaban J connectivity index is 1.97. The normalized spacial score (nSPS) is 31.1. The van der Waals surface area contributed by atoms with E-state index in [1.165, 1.54) is 36.1 Å². The Morgan fingerprint density at radius 3 is 2.44 bits per heavy atom. The number of aliphatic hydroxyl groups is 1. The maximum atomic E-state index is 13.2. The van der Waals surface area contributed by atoms with Crippen LogP contribution < -0.4 is 5.73 Å². The van der Waals surface area contributed by atoms with Crippen LogP contribution >= 0.6 is 0 Å². The number of amides is 2. The molecule has 1 aliphatic heterocycles. The Labute approximate surface area is 144 Å². The van der Waals surface area contributed by atoms with E-state index in [4.69, 9.17) is 5.73 Å². The lowest BCUT2D eigenvalue weighted by Gasteiger charge is -2.54. The summed E-state index contributed by atoms with van der Waals surface area (Å²) < 4.78 is 13.2. The number of ketones is 1. The van der Waals surface area contributed by atoms with Crippen LogP contribution in [0.25, 0.3) is 0 Å². The van der Waals surface area contributed by atoms with Crippen molar-refractivity contribution in [2.75, 3.05) is 6.54 Å². The average Bonchev–Trinajstić information content (AvgIpc) is 2.79. The highest BCUT2D eigenvalue weighted by Crippen LogP contribution is 2.57. The smallest absolute Gasteiger partial charge is 0.242 e. The lowest BCUT2D eigenvalue weighted by atomic mass is 9.63. The number of primary amides is 1. The van der Waals surface area contributed by atoms with E-state index in [-0.39, 0.29) is 30.6 Å². The van der Waals surface area contributed by atoms with E-state index in [9.17, 15) is 23.9 Å². The van der Waals surface area contributed by atoms with Crippen molar-refractivity contribution >= 4 is 17.6 Å². The van der Waals surface area contributed by atoms with Gasteiger partial charge in [0.05, 0.1) is 17.4 Å². The van der Waals surface area contributed by atoms with Gasteiger partial charge in [-0.3, -0.25) is 14.4 Å². The summed E-state index contributed by atoms with van der Waals surface area (Å²) in [5.74, 6) is -2.50. The van der Waals surface area contributed by atoms with Crippen molar-refractivity contribution in [2.24, 2.45) is 17.1 Å². The van der Waals surface area contributed by atoms with E-state index in [1.807, 2.05) is 6.92 Å². The lowest BCUT2D eigenvalue weighted by Crippen LogP contribution is -2.71. The Hall–Kier alpha value is -2.28. The largest absolute Gasteiger partial charge is 0.391 e. The first-order valence-electron chi connectivity index (χ1n) is 8.26. The average molecular weight is 348 g/mol. The molecule has 1 heterocycles. The first kappa shape index (κ1) is 17.5. The third-order valence-corrected chi connectivity index (χ3v) is 5.60. The van der Waals surface area contributed by atoms with Crippen molar-refractivity contribution in [3.8, 4) is 0 Å². The number of Topliss-reactive ketones (excluding diaryl/α,β-unsaturated/α-hetero) is 1. The van der Waals surface area contributed by atoms with Crippen molar-refractivity contribution in [1.82, 2.24) is 4.90 Å². The minimum atomic E-state index is -1.12. The fourth-order valence-corrected chi connectivity index (χ4v) is 4.37. The van der Waals surface area contributed by atoms with Gasteiger partial charge in [0.2, 0.25) is 11.8 Å². The minimum absolute atomic E-state index is 0.0696. The van der Waals surface area contributed by atoms with Crippen molar-refractivity contribution in [3.05, 3.63) is 35.6 Å². The third kappa shape index (κ3) is 2.45. The highest BCUT2D eigenvalue weighted by Gasteiger charge is 2.67. The zero-order chi connectivity index (χ0) is 18.5. The molecule has 0 radical (unpaired) electrons. The van der Waals surface area contributed by atoms with Crippen LogP contribution in [0.3, 0.4) is 0 Å². The Morgan fingerprint density at radius 1 is 1.36 bits per heavy atom. The highest BCUT2D eigenvalue weighted by molar-refractivity contribution is 6.04. The quantitative estimate of drug-likeness (QED) is 0.777. The summed E-state index contributed by atoms with van der Waals surface area (Å²) >= 11 is 0. The second-order valence-electron chi connectivity index (χ2n) is 7.12. The zero-order valence-corrected chi connectivity index (χ0v) is 14.1. The topological polar surface area (TPSA) is 101 Å². The molecule has 2 aliphatic rings. The molecule has 1 aromatic rings. The van der Waals surface area contributed by atoms with Gasteiger partial charge in [-0.1, -0.05) is 19.1 Å². The molecular formula is C18H21FN2O4.